The Kier molecular flexibility index (Phi) is 19.1. The van der Waals surface area contributed by atoms with Gasteiger partial charge in [0.2, 0.25) is 0 Å². The lowest BCUT2D eigenvalue weighted by molar-refractivity contribution is -0.225. The Balaban J connectivity index is 0.000000153. The highest BCUT2D eigenvalue weighted by atomic mass is 16.6. The zero-order chi connectivity index (χ0) is 57.4. The molecule has 11 aliphatic carbocycles. The molecule has 13 nitrogen and oxygen atoms in total. The summed E-state index contributed by atoms with van der Waals surface area (Å²) in [4.78, 5) is 73.1. The summed E-state index contributed by atoms with van der Waals surface area (Å²) in [6.07, 6.45) is 24.5. The number of ether oxygens (including phenoxy) is 6. The molecule has 0 spiro atoms. The molecule has 11 saturated carbocycles. The molecule has 13 rings (SSSR count). The van der Waals surface area contributed by atoms with E-state index in [1.165, 1.54) is 51.4 Å². The zero-order valence-electron chi connectivity index (χ0n) is 51.1. The minimum Gasteiger partial charge on any atom is -0.459 e. The maximum Gasteiger partial charge on any atom is 0.344 e. The van der Waals surface area contributed by atoms with Gasteiger partial charge in [0, 0.05) is 12.3 Å². The monoisotopic (exact) mass is 1090 g/mol. The van der Waals surface area contributed by atoms with Gasteiger partial charge in [0.25, 0.3) is 0 Å². The van der Waals surface area contributed by atoms with Crippen LogP contribution < -0.4 is 0 Å². The molecule has 78 heavy (non-hydrogen) atoms. The number of esters is 6. The molecule has 13 fully saturated rings. The van der Waals surface area contributed by atoms with Crippen molar-refractivity contribution in [1.29, 1.82) is 0 Å². The zero-order valence-corrected chi connectivity index (χ0v) is 51.1. The van der Waals surface area contributed by atoms with Crippen molar-refractivity contribution in [2.75, 3.05) is 6.61 Å². The molecule has 12 bridgehead atoms. The molecule has 0 aromatic rings. The maximum absolute atomic E-state index is 12.6. The van der Waals surface area contributed by atoms with Crippen LogP contribution in [0.3, 0.4) is 0 Å². The summed E-state index contributed by atoms with van der Waals surface area (Å²) in [6, 6.07) is 0. The van der Waals surface area contributed by atoms with Crippen LogP contribution in [0.4, 0.5) is 0 Å². The fraction of sp³-hybridized carbons (Fsp3) is 0.908. The highest BCUT2D eigenvalue weighted by Gasteiger charge is 2.61. The third kappa shape index (κ3) is 13.6. The number of hydrogen-bond acceptors (Lipinski definition) is 13. The van der Waals surface area contributed by atoms with Crippen molar-refractivity contribution in [3.05, 3.63) is 0 Å². The summed E-state index contributed by atoms with van der Waals surface area (Å²) in [7, 11) is 0. The highest BCUT2D eigenvalue weighted by Crippen LogP contribution is 2.62. The minimum atomic E-state index is -0.615. The molecule has 0 amide bonds. The van der Waals surface area contributed by atoms with Gasteiger partial charge in [0.15, 0.2) is 6.61 Å². The minimum absolute atomic E-state index is 0.0197. The van der Waals surface area contributed by atoms with Crippen LogP contribution in [0.5, 0.6) is 0 Å². The van der Waals surface area contributed by atoms with Crippen LogP contribution in [0.25, 0.3) is 0 Å². The van der Waals surface area contributed by atoms with E-state index in [9.17, 15) is 33.9 Å². The van der Waals surface area contributed by atoms with Crippen LogP contribution in [-0.2, 0) is 57.2 Å². The number of fused-ring (bicyclic) bond motifs is 1. The Bertz CT molecular complexity index is 2100. The predicted molar refractivity (Wildman–Crippen MR) is 298 cm³/mol. The van der Waals surface area contributed by atoms with E-state index in [1.807, 2.05) is 62.3 Å². The summed E-state index contributed by atoms with van der Waals surface area (Å²) in [6.45, 7) is 27.4. The van der Waals surface area contributed by atoms with E-state index in [0.29, 0.717) is 42.4 Å². The Morgan fingerprint density at radius 3 is 1.51 bits per heavy atom. The van der Waals surface area contributed by atoms with Crippen molar-refractivity contribution in [3.8, 4) is 0 Å². The van der Waals surface area contributed by atoms with Crippen molar-refractivity contribution >= 4 is 35.8 Å². The first-order valence-electron chi connectivity index (χ1n) is 31.4. The van der Waals surface area contributed by atoms with Gasteiger partial charge in [-0.15, -0.1) is 0 Å². The van der Waals surface area contributed by atoms with Gasteiger partial charge in [-0.3, -0.25) is 24.0 Å². The molecular weight excluding hydrogens is 989 g/mol. The highest BCUT2D eigenvalue weighted by molar-refractivity contribution is 5.80. The Hall–Kier alpha value is -3.22. The van der Waals surface area contributed by atoms with E-state index in [1.54, 1.807) is 13.8 Å². The molecule has 2 heterocycles. The number of carbonyl (C=O) groups is 6. The van der Waals surface area contributed by atoms with Gasteiger partial charge in [-0.25, -0.2) is 4.79 Å². The largest absolute Gasteiger partial charge is 0.459 e. The fourth-order valence-corrected chi connectivity index (χ4v) is 16.1. The van der Waals surface area contributed by atoms with Crippen LogP contribution in [0.2, 0.25) is 0 Å². The van der Waals surface area contributed by atoms with Gasteiger partial charge in [-0.1, -0.05) is 41.5 Å². The lowest BCUT2D eigenvalue weighted by atomic mass is 9.49. The van der Waals surface area contributed by atoms with E-state index < -0.39 is 34.5 Å². The third-order valence-corrected chi connectivity index (χ3v) is 22.3. The summed E-state index contributed by atoms with van der Waals surface area (Å²) in [5, 5.41) is 10.6. The van der Waals surface area contributed by atoms with Crippen LogP contribution >= 0.6 is 0 Å². The van der Waals surface area contributed by atoms with Gasteiger partial charge in [-0.05, 0) is 251 Å². The van der Waals surface area contributed by atoms with Crippen molar-refractivity contribution in [2.45, 2.75) is 292 Å². The van der Waals surface area contributed by atoms with Crippen LogP contribution in [-0.4, -0.2) is 82.1 Å². The van der Waals surface area contributed by atoms with Crippen LogP contribution in [0.1, 0.15) is 257 Å². The van der Waals surface area contributed by atoms with Gasteiger partial charge >= 0.3 is 35.8 Å². The second-order valence-corrected chi connectivity index (χ2v) is 29.6. The number of hydrogen-bond donors (Lipinski definition) is 1. The molecule has 13 aliphatic rings. The van der Waals surface area contributed by atoms with E-state index >= 15 is 0 Å². The van der Waals surface area contributed by atoms with Gasteiger partial charge < -0.3 is 33.5 Å². The Labute approximate surface area is 469 Å². The number of rotatable bonds is 16. The van der Waals surface area contributed by atoms with E-state index in [-0.39, 0.29) is 76.1 Å². The normalized spacial score (nSPS) is 36.3. The molecule has 2 saturated heterocycles. The summed E-state index contributed by atoms with van der Waals surface area (Å²) >= 11 is 0. The van der Waals surface area contributed by atoms with Crippen molar-refractivity contribution in [2.24, 2.45) is 74.9 Å². The van der Waals surface area contributed by atoms with Gasteiger partial charge in [0.05, 0.1) is 33.2 Å². The summed E-state index contributed by atoms with van der Waals surface area (Å²) in [5.74, 6) is 3.67. The lowest BCUT2D eigenvalue weighted by Gasteiger charge is -2.60. The molecule has 444 valence electrons. The average Bonchev–Trinajstić information content (AvgIpc) is 3.82. The lowest BCUT2D eigenvalue weighted by Crippen LogP contribution is -2.61. The first-order chi connectivity index (χ1) is 36.4. The molecule has 1 N–H and O–H groups in total. The van der Waals surface area contributed by atoms with Crippen LogP contribution in [0, 0.1) is 74.9 Å². The summed E-state index contributed by atoms with van der Waals surface area (Å²) < 4.78 is 34.2. The first kappa shape index (κ1) is 62.4. The average molecular weight is 1100 g/mol. The molecule has 0 aromatic carbocycles. The Morgan fingerprint density at radius 1 is 0.551 bits per heavy atom. The molecule has 7 unspecified atom stereocenters. The smallest absolute Gasteiger partial charge is 0.344 e. The van der Waals surface area contributed by atoms with Crippen LogP contribution in [0.15, 0.2) is 0 Å². The van der Waals surface area contributed by atoms with Crippen molar-refractivity contribution in [3.63, 3.8) is 0 Å². The quantitative estimate of drug-likeness (QED) is 0.114. The fourth-order valence-electron chi connectivity index (χ4n) is 16.1. The molecule has 13 heteroatoms. The molecule has 7 atom stereocenters. The molecule has 0 aromatic heterocycles. The second-order valence-electron chi connectivity index (χ2n) is 29.6. The second kappa shape index (κ2) is 23.9. The van der Waals surface area contributed by atoms with E-state index in [4.69, 9.17) is 28.4 Å². The molecule has 2 aliphatic heterocycles. The number of aliphatic hydroxyl groups is 1. The first-order valence-corrected chi connectivity index (χ1v) is 31.4. The molecular formula is C65H106O13. The predicted octanol–water partition coefficient (Wildman–Crippen LogP) is 13.5. The van der Waals surface area contributed by atoms with Gasteiger partial charge in [0.1, 0.15) is 29.0 Å². The summed E-state index contributed by atoms with van der Waals surface area (Å²) in [5.41, 5.74) is -2.87. The topological polar surface area (TPSA) is 178 Å². The Morgan fingerprint density at radius 2 is 1.03 bits per heavy atom. The standard InChI is InChI=1S/C18H26O6.C18H30O2.C16H26O3.C13H24O2/c1-4-18(2,3)17(21)22-9-14(19)24-15-11-5-10-6-12(8-11)16(20)23-13(15)7-10;1-5-17(3,4)16(19)20-18(6-2)14-8-12-7-13(10-14)11-15(18)9-12;1-4-14(2,3)13(17)19-16-8-11-5-12(9-16)7-15(18,6-11)10-16;1-5-12(3,4)11(14)15-13(6-2)9-7-8-10-13/h10-13,15H,4-9H2,1-3H3;12-15H,5-11H2,1-4H3;11-12,18H,4-10H2,1-3H3;5-10H2,1-4H3. The third-order valence-electron chi connectivity index (χ3n) is 22.3. The van der Waals surface area contributed by atoms with Crippen molar-refractivity contribution < 1.29 is 62.3 Å². The maximum atomic E-state index is 12.6. The van der Waals surface area contributed by atoms with E-state index in [0.717, 1.165) is 108 Å². The number of carbonyl (C=O) groups excluding carboxylic acids is 6. The van der Waals surface area contributed by atoms with Crippen molar-refractivity contribution in [1.82, 2.24) is 0 Å². The molecule has 0 radical (unpaired) electrons. The SMILES string of the molecule is CCC(C)(C)C(=O)OC1(CC)C2CC3CC(C2)CC1C3.CCC(C)(C)C(=O)OC12CC3CC(CC(O)(C3)C1)C2.CCC(C)(C)C(=O)OCC(=O)OC1C2CC3CC(C2)C(=O)OC1C3.CCC1(OC(=O)C(C)(C)CC)CCCC1. The van der Waals surface area contributed by atoms with Gasteiger partial charge in [-0.2, -0.15) is 0 Å². The van der Waals surface area contributed by atoms with E-state index in [2.05, 4.69) is 20.8 Å².